The molecular formula is C24H30N4O3. The summed E-state index contributed by atoms with van der Waals surface area (Å²) in [4.78, 5) is 31.5. The zero-order valence-corrected chi connectivity index (χ0v) is 18.1. The van der Waals surface area contributed by atoms with Crippen molar-refractivity contribution in [3.8, 4) is 0 Å². The Bertz CT molecular complexity index is 934. The van der Waals surface area contributed by atoms with Crippen molar-refractivity contribution in [2.45, 2.75) is 45.8 Å². The van der Waals surface area contributed by atoms with Crippen molar-refractivity contribution >= 4 is 23.2 Å². The smallest absolute Gasteiger partial charge is 0.267 e. The molecule has 2 aromatic rings. The molecule has 1 atom stereocenters. The van der Waals surface area contributed by atoms with Crippen molar-refractivity contribution in [3.05, 3.63) is 65.2 Å². The number of benzene rings is 2. The molecule has 1 amide bonds. The Morgan fingerprint density at radius 2 is 1.77 bits per heavy atom. The first kappa shape index (κ1) is 22.5. The van der Waals surface area contributed by atoms with Crippen molar-refractivity contribution in [1.29, 1.82) is 0 Å². The molecule has 31 heavy (non-hydrogen) atoms. The highest BCUT2D eigenvalue weighted by atomic mass is 16.6. The summed E-state index contributed by atoms with van der Waals surface area (Å²) in [6.45, 7) is 6.10. The van der Waals surface area contributed by atoms with E-state index in [-0.39, 0.29) is 17.5 Å². The van der Waals surface area contributed by atoms with E-state index in [1.54, 1.807) is 31.2 Å². The zero-order valence-electron chi connectivity index (χ0n) is 18.1. The van der Waals surface area contributed by atoms with E-state index in [0.717, 1.165) is 30.8 Å². The quantitative estimate of drug-likeness (QED) is 0.294. The molecule has 3 rings (SSSR count). The van der Waals surface area contributed by atoms with E-state index in [0.29, 0.717) is 11.3 Å². The van der Waals surface area contributed by atoms with Crippen molar-refractivity contribution in [1.82, 2.24) is 4.90 Å². The van der Waals surface area contributed by atoms with Crippen LogP contribution in [0.25, 0.3) is 0 Å². The Morgan fingerprint density at radius 1 is 1.10 bits per heavy atom. The van der Waals surface area contributed by atoms with Crippen molar-refractivity contribution in [2.75, 3.05) is 18.4 Å². The van der Waals surface area contributed by atoms with Crippen LogP contribution in [0, 0.1) is 0 Å². The van der Waals surface area contributed by atoms with Gasteiger partial charge < -0.3 is 15.9 Å². The van der Waals surface area contributed by atoms with Gasteiger partial charge in [0.05, 0.1) is 0 Å². The van der Waals surface area contributed by atoms with E-state index < -0.39 is 6.10 Å². The maximum absolute atomic E-state index is 12.4. The minimum Gasteiger partial charge on any atom is -0.381 e. The van der Waals surface area contributed by atoms with Gasteiger partial charge in [0.1, 0.15) is 0 Å². The number of nitrogens with one attached hydrogen (secondary N) is 1. The van der Waals surface area contributed by atoms with Crippen LogP contribution in [0.15, 0.2) is 53.7 Å². The lowest BCUT2D eigenvalue weighted by atomic mass is 10.0. The number of Topliss-reactive ketones (excluding diaryl/α,β-unsaturated/α-hetero) is 1. The number of carbonyl (C=O) groups is 2. The molecule has 0 spiro atoms. The van der Waals surface area contributed by atoms with E-state index in [1.165, 1.54) is 26.2 Å². The number of hydrogen-bond acceptors (Lipinski definition) is 5. The molecule has 3 N–H and O–H groups in total. The van der Waals surface area contributed by atoms with Crippen molar-refractivity contribution in [3.63, 3.8) is 0 Å². The van der Waals surface area contributed by atoms with Gasteiger partial charge in [-0.05, 0) is 69.6 Å². The summed E-state index contributed by atoms with van der Waals surface area (Å²) in [5.74, 6) is -0.133. The summed E-state index contributed by atoms with van der Waals surface area (Å²) < 4.78 is 0. The highest BCUT2D eigenvalue weighted by molar-refractivity contribution is 5.99. The van der Waals surface area contributed by atoms with Gasteiger partial charge in [0.25, 0.3) is 5.91 Å². The first-order valence-corrected chi connectivity index (χ1v) is 10.7. The normalized spacial score (nSPS) is 15.9. The monoisotopic (exact) mass is 422 g/mol. The molecule has 1 unspecified atom stereocenters. The van der Waals surface area contributed by atoms with Gasteiger partial charge in [0.2, 0.25) is 6.10 Å². The van der Waals surface area contributed by atoms with Gasteiger partial charge >= 0.3 is 0 Å². The Balaban J connectivity index is 1.60. The molecule has 0 saturated carbocycles. The number of ketones is 1. The first-order chi connectivity index (χ1) is 14.9. The lowest BCUT2D eigenvalue weighted by Crippen LogP contribution is -2.30. The number of amidine groups is 1. The summed E-state index contributed by atoms with van der Waals surface area (Å²) in [6.07, 6.45) is 2.90. The van der Waals surface area contributed by atoms with E-state index in [2.05, 4.69) is 15.4 Å². The molecule has 0 bridgehead atoms. The van der Waals surface area contributed by atoms with Crippen molar-refractivity contribution < 1.29 is 14.4 Å². The van der Waals surface area contributed by atoms with Crippen LogP contribution in [0.1, 0.15) is 54.6 Å². The molecule has 0 aromatic heterocycles. The molecule has 7 nitrogen and oxygen atoms in total. The third kappa shape index (κ3) is 6.39. The molecule has 1 aliphatic heterocycles. The SMILES string of the molecule is CC(=O)c1ccc(NC(=O)C(C)ON=C(N)c2ccccc2CN2CCCCC2)cc1. The number of nitrogens with zero attached hydrogens (tertiary/aromatic N) is 2. The number of rotatable bonds is 8. The predicted octanol–water partition coefficient (Wildman–Crippen LogP) is 3.54. The molecule has 164 valence electrons. The van der Waals surface area contributed by atoms with Gasteiger partial charge in [0, 0.05) is 23.4 Å². The van der Waals surface area contributed by atoms with Gasteiger partial charge in [-0.15, -0.1) is 0 Å². The summed E-state index contributed by atoms with van der Waals surface area (Å²) >= 11 is 0. The molecule has 2 aromatic carbocycles. The minimum absolute atomic E-state index is 0.0278. The van der Waals surface area contributed by atoms with Gasteiger partial charge in [-0.25, -0.2) is 0 Å². The molecule has 1 heterocycles. The van der Waals surface area contributed by atoms with Gasteiger partial charge in [-0.3, -0.25) is 14.5 Å². The van der Waals surface area contributed by atoms with Crippen LogP contribution in [-0.4, -0.2) is 41.6 Å². The topological polar surface area (TPSA) is 97.0 Å². The number of amides is 1. The maximum Gasteiger partial charge on any atom is 0.267 e. The number of oxime groups is 1. The van der Waals surface area contributed by atoms with Crippen LogP contribution >= 0.6 is 0 Å². The molecule has 7 heteroatoms. The largest absolute Gasteiger partial charge is 0.381 e. The second-order valence-electron chi connectivity index (χ2n) is 7.84. The third-order valence-corrected chi connectivity index (χ3v) is 5.37. The lowest BCUT2D eigenvalue weighted by Gasteiger charge is -2.27. The summed E-state index contributed by atoms with van der Waals surface area (Å²) in [7, 11) is 0. The van der Waals surface area contributed by atoms with E-state index in [9.17, 15) is 9.59 Å². The second kappa shape index (κ2) is 10.7. The summed E-state index contributed by atoms with van der Waals surface area (Å²) in [6, 6.07) is 14.6. The van der Waals surface area contributed by atoms with Crippen molar-refractivity contribution in [2.24, 2.45) is 10.9 Å². The fourth-order valence-corrected chi connectivity index (χ4v) is 3.53. The molecule has 1 saturated heterocycles. The molecule has 0 aliphatic carbocycles. The van der Waals surface area contributed by atoms with Crippen LogP contribution in [0.3, 0.4) is 0 Å². The van der Waals surface area contributed by atoms with Crippen LogP contribution in [-0.2, 0) is 16.2 Å². The molecular weight excluding hydrogens is 392 g/mol. The fraction of sp³-hybridized carbons (Fsp3) is 0.375. The van der Waals surface area contributed by atoms with Crippen LogP contribution in [0.4, 0.5) is 5.69 Å². The van der Waals surface area contributed by atoms with E-state index in [4.69, 9.17) is 10.6 Å². The summed E-state index contributed by atoms with van der Waals surface area (Å²) in [5, 5.41) is 6.76. The third-order valence-electron chi connectivity index (χ3n) is 5.37. The number of likely N-dealkylation sites (tertiary alicyclic amines) is 1. The average molecular weight is 423 g/mol. The van der Waals surface area contributed by atoms with Gasteiger partial charge in [0.15, 0.2) is 11.6 Å². The first-order valence-electron chi connectivity index (χ1n) is 10.7. The average Bonchev–Trinajstić information content (AvgIpc) is 2.78. The Hall–Kier alpha value is -3.19. The highest BCUT2D eigenvalue weighted by Crippen LogP contribution is 2.16. The van der Waals surface area contributed by atoms with Crippen LogP contribution < -0.4 is 11.1 Å². The maximum atomic E-state index is 12.4. The molecule has 1 fully saturated rings. The van der Waals surface area contributed by atoms with E-state index in [1.807, 2.05) is 24.3 Å². The predicted molar refractivity (Wildman–Crippen MR) is 122 cm³/mol. The number of piperidine rings is 1. The number of nitrogens with two attached hydrogens (primary N) is 1. The summed E-state index contributed by atoms with van der Waals surface area (Å²) in [5.41, 5.74) is 9.27. The zero-order chi connectivity index (χ0) is 22.2. The fourth-order valence-electron chi connectivity index (χ4n) is 3.53. The Kier molecular flexibility index (Phi) is 7.78. The second-order valence-corrected chi connectivity index (χ2v) is 7.84. The standard InChI is InChI=1S/C24H30N4O3/c1-17(29)19-10-12-21(13-11-19)26-24(30)18(2)31-27-23(25)22-9-5-4-8-20(22)16-28-14-6-3-7-15-28/h4-5,8-13,18H,3,6-7,14-16H2,1-2H3,(H2,25,27)(H,26,30). The molecule has 1 aliphatic rings. The Morgan fingerprint density at radius 3 is 2.45 bits per heavy atom. The number of hydrogen-bond donors (Lipinski definition) is 2. The minimum atomic E-state index is -0.833. The number of carbonyl (C=O) groups excluding carboxylic acids is 2. The highest BCUT2D eigenvalue weighted by Gasteiger charge is 2.17. The Labute approximate surface area is 183 Å². The van der Waals surface area contributed by atoms with Crippen LogP contribution in [0.5, 0.6) is 0 Å². The van der Waals surface area contributed by atoms with Gasteiger partial charge in [-0.1, -0.05) is 35.8 Å². The van der Waals surface area contributed by atoms with Crippen LogP contribution in [0.2, 0.25) is 0 Å². The number of anilines is 1. The lowest BCUT2D eigenvalue weighted by molar-refractivity contribution is -0.126. The van der Waals surface area contributed by atoms with Gasteiger partial charge in [-0.2, -0.15) is 0 Å². The van der Waals surface area contributed by atoms with E-state index >= 15 is 0 Å². The molecule has 0 radical (unpaired) electrons.